The highest BCUT2D eigenvalue weighted by molar-refractivity contribution is 7.11. The summed E-state index contributed by atoms with van der Waals surface area (Å²) in [6.07, 6.45) is 0. The van der Waals surface area contributed by atoms with Gasteiger partial charge in [0.25, 0.3) is 0 Å². The zero-order valence-electron chi connectivity index (χ0n) is 11.8. The molecule has 2 heterocycles. The lowest BCUT2D eigenvalue weighted by Gasteiger charge is -2.36. The third-order valence-electron chi connectivity index (χ3n) is 3.62. The molecule has 0 atom stereocenters. The molecule has 2 aromatic rings. The Labute approximate surface area is 133 Å². The first-order valence-corrected chi connectivity index (χ1v) is 7.89. The Morgan fingerprint density at radius 1 is 1.14 bits per heavy atom. The molecule has 5 nitrogen and oxygen atoms in total. The summed E-state index contributed by atoms with van der Waals surface area (Å²) in [6, 6.07) is 7.97. The van der Waals surface area contributed by atoms with E-state index in [0.29, 0.717) is 11.6 Å². The molecule has 1 aromatic carbocycles. The van der Waals surface area contributed by atoms with Gasteiger partial charge in [0.2, 0.25) is 0 Å². The lowest BCUT2D eigenvalue weighted by Crippen LogP contribution is -2.46. The molecular weight excluding hydrogens is 308 g/mol. The molecule has 0 amide bonds. The first-order valence-electron chi connectivity index (χ1n) is 6.73. The van der Waals surface area contributed by atoms with Crippen LogP contribution in [-0.4, -0.2) is 37.7 Å². The Morgan fingerprint density at radius 3 is 2.38 bits per heavy atom. The molecule has 21 heavy (non-hydrogen) atoms. The third-order valence-corrected chi connectivity index (χ3v) is 4.78. The van der Waals surface area contributed by atoms with Crippen LogP contribution in [0.1, 0.15) is 0 Å². The van der Waals surface area contributed by atoms with Gasteiger partial charge in [0.05, 0.1) is 7.11 Å². The van der Waals surface area contributed by atoms with Crippen molar-refractivity contribution in [3.05, 3.63) is 29.3 Å². The Hall–Kier alpha value is -1.66. The van der Waals surface area contributed by atoms with Crippen LogP contribution < -0.4 is 20.3 Å². The van der Waals surface area contributed by atoms with Crippen LogP contribution in [0, 0.1) is 0 Å². The molecule has 7 heteroatoms. The quantitative estimate of drug-likeness (QED) is 0.940. The molecule has 1 fully saturated rings. The Kier molecular flexibility index (Phi) is 4.07. The molecule has 1 aliphatic rings. The minimum atomic E-state index is 0.470. The molecule has 0 radical (unpaired) electrons. The Bertz CT molecular complexity index is 608. The Balaban J connectivity index is 1.68. The zero-order chi connectivity index (χ0) is 14.8. The summed E-state index contributed by atoms with van der Waals surface area (Å²) in [4.78, 5) is 4.63. The van der Waals surface area contributed by atoms with Crippen molar-refractivity contribution >= 4 is 39.6 Å². The van der Waals surface area contributed by atoms with Crippen molar-refractivity contribution in [2.24, 2.45) is 0 Å². The lowest BCUT2D eigenvalue weighted by atomic mass is 10.2. The van der Waals surface area contributed by atoms with Crippen molar-refractivity contribution in [3.63, 3.8) is 0 Å². The van der Waals surface area contributed by atoms with Gasteiger partial charge in [-0.1, -0.05) is 11.6 Å². The summed E-state index contributed by atoms with van der Waals surface area (Å²) in [6.45, 7) is 3.73. The van der Waals surface area contributed by atoms with E-state index < -0.39 is 0 Å². The SMILES string of the molecule is COc1c(N)nsc1N1CCN(c2ccc(Cl)cc2)CC1. The summed E-state index contributed by atoms with van der Waals surface area (Å²) < 4.78 is 9.52. The minimum Gasteiger partial charge on any atom is -0.490 e. The molecular formula is C14H17ClN4OS. The minimum absolute atomic E-state index is 0.470. The van der Waals surface area contributed by atoms with E-state index >= 15 is 0 Å². The summed E-state index contributed by atoms with van der Waals surface area (Å²) in [7, 11) is 1.63. The normalized spacial score (nSPS) is 15.3. The predicted octanol–water partition coefficient (Wildman–Crippen LogP) is 2.71. The van der Waals surface area contributed by atoms with Gasteiger partial charge >= 0.3 is 0 Å². The van der Waals surface area contributed by atoms with Gasteiger partial charge in [-0.3, -0.25) is 0 Å². The molecule has 0 unspecified atom stereocenters. The number of methoxy groups -OCH3 is 1. The van der Waals surface area contributed by atoms with Crippen molar-refractivity contribution in [2.75, 3.05) is 48.8 Å². The maximum absolute atomic E-state index is 5.93. The van der Waals surface area contributed by atoms with E-state index in [9.17, 15) is 0 Å². The number of nitrogens with zero attached hydrogens (tertiary/aromatic N) is 3. The second-order valence-electron chi connectivity index (χ2n) is 4.86. The lowest BCUT2D eigenvalue weighted by molar-refractivity contribution is 0.417. The van der Waals surface area contributed by atoms with Gasteiger partial charge in [-0.25, -0.2) is 0 Å². The van der Waals surface area contributed by atoms with Crippen LogP contribution in [-0.2, 0) is 0 Å². The van der Waals surface area contributed by atoms with Gasteiger partial charge in [0.15, 0.2) is 16.6 Å². The fourth-order valence-corrected chi connectivity index (χ4v) is 3.46. The van der Waals surface area contributed by atoms with Crippen LogP contribution in [0.2, 0.25) is 5.02 Å². The number of aromatic nitrogens is 1. The predicted molar refractivity (Wildman–Crippen MR) is 89.0 cm³/mol. The molecule has 0 aliphatic carbocycles. The second-order valence-corrected chi connectivity index (χ2v) is 6.05. The van der Waals surface area contributed by atoms with Crippen LogP contribution in [0.3, 0.4) is 0 Å². The van der Waals surface area contributed by atoms with E-state index in [4.69, 9.17) is 22.1 Å². The van der Waals surface area contributed by atoms with Crippen LogP contribution >= 0.6 is 23.1 Å². The van der Waals surface area contributed by atoms with E-state index in [1.807, 2.05) is 12.1 Å². The van der Waals surface area contributed by atoms with Crippen molar-refractivity contribution in [2.45, 2.75) is 0 Å². The van der Waals surface area contributed by atoms with Crippen LogP contribution in [0.4, 0.5) is 16.5 Å². The van der Waals surface area contributed by atoms with E-state index in [-0.39, 0.29) is 0 Å². The standard InChI is InChI=1S/C14H17ClN4OS/c1-20-12-13(16)17-21-14(12)19-8-6-18(7-9-19)11-4-2-10(15)3-5-11/h2-5H,6-9H2,1H3,(H2,16,17). The van der Waals surface area contributed by atoms with Crippen LogP contribution in [0.15, 0.2) is 24.3 Å². The van der Waals surface area contributed by atoms with Gasteiger partial charge < -0.3 is 20.3 Å². The number of benzene rings is 1. The van der Waals surface area contributed by atoms with Crippen LogP contribution in [0.5, 0.6) is 5.75 Å². The number of nitrogen functional groups attached to an aromatic ring is 1. The smallest absolute Gasteiger partial charge is 0.197 e. The van der Waals surface area contributed by atoms with Crippen molar-refractivity contribution in [3.8, 4) is 5.75 Å². The monoisotopic (exact) mass is 324 g/mol. The molecule has 1 aliphatic heterocycles. The zero-order valence-corrected chi connectivity index (χ0v) is 13.3. The van der Waals surface area contributed by atoms with Crippen molar-refractivity contribution in [1.29, 1.82) is 0 Å². The van der Waals surface area contributed by atoms with Gasteiger partial charge in [-0.2, -0.15) is 4.37 Å². The van der Waals surface area contributed by atoms with E-state index in [0.717, 1.165) is 36.2 Å². The number of nitrogens with two attached hydrogens (primary N) is 1. The number of hydrogen-bond acceptors (Lipinski definition) is 6. The maximum Gasteiger partial charge on any atom is 0.197 e. The number of piperazine rings is 1. The average molecular weight is 325 g/mol. The molecule has 1 saturated heterocycles. The topological polar surface area (TPSA) is 54.6 Å². The van der Waals surface area contributed by atoms with E-state index in [1.54, 1.807) is 7.11 Å². The fourth-order valence-electron chi connectivity index (χ4n) is 2.50. The second kappa shape index (κ2) is 5.99. The first kappa shape index (κ1) is 14.3. The average Bonchev–Trinajstić information content (AvgIpc) is 2.89. The van der Waals surface area contributed by atoms with Crippen LogP contribution in [0.25, 0.3) is 0 Å². The maximum atomic E-state index is 5.93. The fraction of sp³-hybridized carbons (Fsp3) is 0.357. The van der Waals surface area contributed by atoms with Crippen molar-refractivity contribution in [1.82, 2.24) is 4.37 Å². The van der Waals surface area contributed by atoms with Gasteiger partial charge in [-0.15, -0.1) is 0 Å². The van der Waals surface area contributed by atoms with Crippen molar-refractivity contribution < 1.29 is 4.74 Å². The van der Waals surface area contributed by atoms with E-state index in [1.165, 1.54) is 17.2 Å². The summed E-state index contributed by atoms with van der Waals surface area (Å²) in [5, 5.41) is 1.79. The molecule has 1 aromatic heterocycles. The molecule has 3 rings (SSSR count). The number of halogens is 1. The highest BCUT2D eigenvalue weighted by atomic mass is 35.5. The number of anilines is 3. The molecule has 112 valence electrons. The molecule has 0 spiro atoms. The van der Waals surface area contributed by atoms with Gasteiger partial charge in [0, 0.05) is 36.9 Å². The Morgan fingerprint density at radius 2 is 1.76 bits per heavy atom. The highest BCUT2D eigenvalue weighted by Gasteiger charge is 2.23. The molecule has 0 saturated carbocycles. The molecule has 2 N–H and O–H groups in total. The number of hydrogen-bond donors (Lipinski definition) is 1. The number of ether oxygens (including phenoxy) is 1. The summed E-state index contributed by atoms with van der Waals surface area (Å²) >= 11 is 7.33. The summed E-state index contributed by atoms with van der Waals surface area (Å²) in [5.41, 5.74) is 7.02. The number of rotatable bonds is 3. The van der Waals surface area contributed by atoms with Gasteiger partial charge in [0.1, 0.15) is 0 Å². The van der Waals surface area contributed by atoms with E-state index in [2.05, 4.69) is 26.3 Å². The first-order chi connectivity index (χ1) is 10.2. The highest BCUT2D eigenvalue weighted by Crippen LogP contribution is 2.38. The van der Waals surface area contributed by atoms with Gasteiger partial charge in [-0.05, 0) is 35.8 Å². The largest absolute Gasteiger partial charge is 0.490 e. The molecule has 0 bridgehead atoms. The third kappa shape index (κ3) is 2.87. The summed E-state index contributed by atoms with van der Waals surface area (Å²) in [5.74, 6) is 1.16.